The topological polar surface area (TPSA) is 79.8 Å². The van der Waals surface area contributed by atoms with Gasteiger partial charge in [-0.25, -0.2) is 0 Å². The Hall–Kier alpha value is -2.35. The van der Waals surface area contributed by atoms with Crippen LogP contribution >= 0.6 is 23.8 Å². The molecular formula is C17H17ClN2O4S. The van der Waals surface area contributed by atoms with Gasteiger partial charge in [-0.1, -0.05) is 23.8 Å². The number of carbonyl (C=O) groups is 1. The van der Waals surface area contributed by atoms with Gasteiger partial charge in [-0.15, -0.1) is 0 Å². The van der Waals surface area contributed by atoms with Crippen LogP contribution < -0.4 is 20.3 Å². The quantitative estimate of drug-likeness (QED) is 0.389. The SMILES string of the molecule is COc1cc(Cl)ccc1C(=O)NCCOc1ccc(C(=S)NO)cc1. The number of carbonyl (C=O) groups excluding carboxylic acids is 1. The fourth-order valence-electron chi connectivity index (χ4n) is 2.05. The van der Waals surface area contributed by atoms with E-state index in [-0.39, 0.29) is 10.9 Å². The molecule has 2 aromatic carbocycles. The summed E-state index contributed by atoms with van der Waals surface area (Å²) in [5, 5.41) is 12.0. The molecule has 2 aromatic rings. The number of hydrogen-bond donors (Lipinski definition) is 3. The zero-order valence-electron chi connectivity index (χ0n) is 13.4. The van der Waals surface area contributed by atoms with Crippen molar-refractivity contribution in [2.24, 2.45) is 0 Å². The molecule has 0 aliphatic heterocycles. The van der Waals surface area contributed by atoms with Gasteiger partial charge in [0, 0.05) is 10.6 Å². The summed E-state index contributed by atoms with van der Waals surface area (Å²) in [6.45, 7) is 0.618. The van der Waals surface area contributed by atoms with E-state index in [0.29, 0.717) is 40.8 Å². The van der Waals surface area contributed by atoms with Crippen molar-refractivity contribution in [3.8, 4) is 11.5 Å². The first kappa shape index (κ1) is 19.0. The number of rotatable bonds is 7. The molecule has 3 N–H and O–H groups in total. The Morgan fingerprint density at radius 2 is 1.96 bits per heavy atom. The predicted molar refractivity (Wildman–Crippen MR) is 98.9 cm³/mol. The summed E-state index contributed by atoms with van der Waals surface area (Å²) in [6, 6.07) is 11.7. The number of amides is 1. The van der Waals surface area contributed by atoms with Gasteiger partial charge >= 0.3 is 0 Å². The molecule has 0 spiro atoms. The molecule has 0 saturated carbocycles. The molecule has 1 amide bonds. The highest BCUT2D eigenvalue weighted by Gasteiger charge is 2.12. The highest BCUT2D eigenvalue weighted by Crippen LogP contribution is 2.22. The zero-order chi connectivity index (χ0) is 18.2. The molecule has 8 heteroatoms. The van der Waals surface area contributed by atoms with E-state index in [1.165, 1.54) is 7.11 Å². The van der Waals surface area contributed by atoms with Crippen LogP contribution in [0.3, 0.4) is 0 Å². The minimum absolute atomic E-state index is 0.232. The lowest BCUT2D eigenvalue weighted by atomic mass is 10.2. The molecule has 0 aliphatic rings. The number of hydrogen-bond acceptors (Lipinski definition) is 5. The van der Waals surface area contributed by atoms with E-state index < -0.39 is 0 Å². The second kappa shape index (κ2) is 9.22. The van der Waals surface area contributed by atoms with Crippen LogP contribution in [0.5, 0.6) is 11.5 Å². The van der Waals surface area contributed by atoms with Gasteiger partial charge in [-0.05, 0) is 42.5 Å². The molecule has 0 unspecified atom stereocenters. The maximum atomic E-state index is 12.2. The highest BCUT2D eigenvalue weighted by molar-refractivity contribution is 7.80. The normalized spacial score (nSPS) is 10.0. The molecule has 25 heavy (non-hydrogen) atoms. The van der Waals surface area contributed by atoms with Gasteiger partial charge in [0.2, 0.25) is 0 Å². The van der Waals surface area contributed by atoms with Gasteiger partial charge in [0.1, 0.15) is 23.1 Å². The summed E-state index contributed by atoms with van der Waals surface area (Å²) in [5.74, 6) is 0.768. The highest BCUT2D eigenvalue weighted by atomic mass is 35.5. The summed E-state index contributed by atoms with van der Waals surface area (Å²) < 4.78 is 10.7. The van der Waals surface area contributed by atoms with Crippen molar-refractivity contribution in [3.63, 3.8) is 0 Å². The van der Waals surface area contributed by atoms with E-state index >= 15 is 0 Å². The van der Waals surface area contributed by atoms with Gasteiger partial charge in [-0.3, -0.25) is 15.5 Å². The second-order valence-corrected chi connectivity index (χ2v) is 5.76. The van der Waals surface area contributed by atoms with E-state index in [9.17, 15) is 4.79 Å². The first-order valence-electron chi connectivity index (χ1n) is 7.34. The van der Waals surface area contributed by atoms with Crippen molar-refractivity contribution in [1.29, 1.82) is 0 Å². The Morgan fingerprint density at radius 3 is 2.60 bits per heavy atom. The summed E-state index contributed by atoms with van der Waals surface area (Å²) >= 11 is 10.8. The number of nitrogens with one attached hydrogen (secondary N) is 2. The van der Waals surface area contributed by atoms with Crippen molar-refractivity contribution in [2.75, 3.05) is 20.3 Å². The predicted octanol–water partition coefficient (Wildman–Crippen LogP) is 2.81. The second-order valence-electron chi connectivity index (χ2n) is 4.91. The van der Waals surface area contributed by atoms with Crippen molar-refractivity contribution >= 4 is 34.7 Å². The summed E-state index contributed by atoms with van der Waals surface area (Å²) in [5.41, 5.74) is 3.00. The van der Waals surface area contributed by atoms with E-state index in [0.717, 1.165) is 0 Å². The summed E-state index contributed by atoms with van der Waals surface area (Å²) in [7, 11) is 1.48. The fourth-order valence-corrected chi connectivity index (χ4v) is 2.35. The Kier molecular flexibility index (Phi) is 7.00. The number of thiocarbonyl (C=S) groups is 1. The number of methoxy groups -OCH3 is 1. The van der Waals surface area contributed by atoms with Crippen LogP contribution in [-0.4, -0.2) is 36.4 Å². The molecular weight excluding hydrogens is 364 g/mol. The minimum Gasteiger partial charge on any atom is -0.496 e. The van der Waals surface area contributed by atoms with Crippen LogP contribution in [0, 0.1) is 0 Å². The third kappa shape index (κ3) is 5.32. The Labute approximate surface area is 155 Å². The summed E-state index contributed by atoms with van der Waals surface area (Å²) in [4.78, 5) is 12.4. The molecule has 0 aliphatic carbocycles. The van der Waals surface area contributed by atoms with Crippen LogP contribution in [-0.2, 0) is 0 Å². The molecule has 0 aromatic heterocycles. The third-order valence-electron chi connectivity index (χ3n) is 3.28. The largest absolute Gasteiger partial charge is 0.496 e. The molecule has 2 rings (SSSR count). The van der Waals surface area contributed by atoms with Gasteiger partial charge in [0.05, 0.1) is 19.2 Å². The van der Waals surface area contributed by atoms with Crippen molar-refractivity contribution in [2.45, 2.75) is 0 Å². The molecule has 0 bridgehead atoms. The molecule has 0 saturated heterocycles. The van der Waals surface area contributed by atoms with E-state index in [1.807, 2.05) is 5.48 Å². The average Bonchev–Trinajstić information content (AvgIpc) is 2.64. The van der Waals surface area contributed by atoms with E-state index in [4.69, 9.17) is 38.5 Å². The molecule has 0 heterocycles. The van der Waals surface area contributed by atoms with Gasteiger partial charge in [0.15, 0.2) is 0 Å². The third-order valence-corrected chi connectivity index (χ3v) is 3.84. The number of ether oxygens (including phenoxy) is 2. The van der Waals surface area contributed by atoms with Crippen LogP contribution in [0.2, 0.25) is 5.02 Å². The van der Waals surface area contributed by atoms with Crippen LogP contribution in [0.15, 0.2) is 42.5 Å². The minimum atomic E-state index is -0.271. The van der Waals surface area contributed by atoms with Gasteiger partial charge in [0.25, 0.3) is 5.91 Å². The fraction of sp³-hybridized carbons (Fsp3) is 0.176. The van der Waals surface area contributed by atoms with E-state index in [2.05, 4.69) is 5.32 Å². The van der Waals surface area contributed by atoms with Crippen LogP contribution in [0.1, 0.15) is 15.9 Å². The lowest BCUT2D eigenvalue weighted by Gasteiger charge is -2.11. The molecule has 132 valence electrons. The van der Waals surface area contributed by atoms with Crippen LogP contribution in [0.25, 0.3) is 0 Å². The summed E-state index contributed by atoms with van der Waals surface area (Å²) in [6.07, 6.45) is 0. The number of hydroxylamine groups is 1. The van der Waals surface area contributed by atoms with Gasteiger partial charge < -0.3 is 14.8 Å². The molecule has 0 fully saturated rings. The van der Waals surface area contributed by atoms with Crippen molar-refractivity contribution in [3.05, 3.63) is 58.6 Å². The first-order chi connectivity index (χ1) is 12.0. The Balaban J connectivity index is 1.83. The molecule has 0 radical (unpaired) electrons. The standard InChI is InChI=1S/C17H17ClN2O4S/c1-23-15-10-12(18)4-7-14(15)16(21)19-8-9-24-13-5-2-11(3-6-13)17(25)20-22/h2-7,10,22H,8-9H2,1H3,(H,19,21)(H,20,25). The average molecular weight is 381 g/mol. The Morgan fingerprint density at radius 1 is 1.24 bits per heavy atom. The first-order valence-corrected chi connectivity index (χ1v) is 8.13. The maximum Gasteiger partial charge on any atom is 0.255 e. The monoisotopic (exact) mass is 380 g/mol. The lowest BCUT2D eigenvalue weighted by Crippen LogP contribution is -2.28. The van der Waals surface area contributed by atoms with E-state index in [1.54, 1.807) is 42.5 Å². The Bertz CT molecular complexity index is 753. The van der Waals surface area contributed by atoms with Crippen molar-refractivity contribution < 1.29 is 19.5 Å². The smallest absolute Gasteiger partial charge is 0.255 e. The molecule has 6 nitrogen and oxygen atoms in total. The van der Waals surface area contributed by atoms with Gasteiger partial charge in [-0.2, -0.15) is 0 Å². The number of benzene rings is 2. The van der Waals surface area contributed by atoms with Crippen LogP contribution in [0.4, 0.5) is 0 Å². The van der Waals surface area contributed by atoms with Crippen molar-refractivity contribution in [1.82, 2.24) is 10.8 Å². The maximum absolute atomic E-state index is 12.2. The zero-order valence-corrected chi connectivity index (χ0v) is 15.0. The molecule has 0 atom stereocenters. The number of halogens is 1. The lowest BCUT2D eigenvalue weighted by molar-refractivity contribution is 0.0944.